The van der Waals surface area contributed by atoms with Crippen LogP contribution in [0.15, 0.2) is 18.2 Å². The Hall–Kier alpha value is -2.10. The average molecular weight is 335 g/mol. The van der Waals surface area contributed by atoms with Crippen molar-refractivity contribution in [1.82, 2.24) is 20.1 Å². The van der Waals surface area contributed by atoms with Gasteiger partial charge in [-0.3, -0.25) is 14.5 Å². The van der Waals surface area contributed by atoms with E-state index in [2.05, 4.69) is 16.2 Å². The summed E-state index contributed by atoms with van der Waals surface area (Å²) in [4.78, 5) is 32.0. The molecule has 1 aromatic rings. The largest absolute Gasteiger partial charge is 0.344 e. The van der Waals surface area contributed by atoms with E-state index in [4.69, 9.17) is 18.0 Å². The monoisotopic (exact) mass is 334 g/mol. The van der Waals surface area contributed by atoms with Crippen LogP contribution >= 0.6 is 11.6 Å². The number of aromatic nitrogens is 1. The molecule has 1 fully saturated rings. The summed E-state index contributed by atoms with van der Waals surface area (Å²) in [6.07, 6.45) is 5.91. The Morgan fingerprint density at radius 1 is 1.30 bits per heavy atom. The maximum absolute atomic E-state index is 12.5. The second-order valence-electron chi connectivity index (χ2n) is 5.25. The van der Waals surface area contributed by atoms with Crippen LogP contribution in [0.25, 0.3) is 0 Å². The van der Waals surface area contributed by atoms with Crippen molar-refractivity contribution in [2.45, 2.75) is 6.42 Å². The number of amides is 2. The number of carbonyl (C=O) groups is 2. The van der Waals surface area contributed by atoms with Crippen molar-refractivity contribution in [3.63, 3.8) is 0 Å². The highest BCUT2D eigenvalue weighted by Crippen LogP contribution is 2.10. The van der Waals surface area contributed by atoms with Gasteiger partial charge in [-0.05, 0) is 18.6 Å². The van der Waals surface area contributed by atoms with Gasteiger partial charge in [0.1, 0.15) is 10.8 Å². The Bertz CT molecular complexity index is 614. The molecule has 1 N–H and O–H groups in total. The molecule has 1 aliphatic heterocycles. The first-order valence-corrected chi connectivity index (χ1v) is 7.82. The van der Waals surface area contributed by atoms with Crippen molar-refractivity contribution in [1.29, 1.82) is 0 Å². The summed E-state index contributed by atoms with van der Waals surface area (Å²) in [6.45, 7) is 3.10. The van der Waals surface area contributed by atoms with Gasteiger partial charge in [0.15, 0.2) is 0 Å². The van der Waals surface area contributed by atoms with Crippen LogP contribution in [-0.4, -0.2) is 65.9 Å². The molecule has 0 radical (unpaired) electrons. The molecule has 0 aromatic carbocycles. The summed E-state index contributed by atoms with van der Waals surface area (Å²) in [5.74, 6) is 2.14. The van der Waals surface area contributed by atoms with Crippen molar-refractivity contribution in [2.75, 3.05) is 39.3 Å². The molecule has 0 atom stereocenters. The van der Waals surface area contributed by atoms with Gasteiger partial charge in [-0.15, -0.1) is 6.42 Å². The van der Waals surface area contributed by atoms with Crippen LogP contribution in [0, 0.1) is 12.3 Å². The number of nitrogens with zero attached hydrogens (tertiary/aromatic N) is 3. The number of carbonyl (C=O) groups excluding carboxylic acids is 2. The molecule has 1 aromatic heterocycles. The van der Waals surface area contributed by atoms with Gasteiger partial charge >= 0.3 is 0 Å². The number of nitrogens with one attached hydrogen (secondary N) is 1. The third kappa shape index (κ3) is 5.23. The standard InChI is InChI=1S/C16H19ClN4O2/c1-2-7-18-15(22)12-20-8-4-9-21(11-10-20)16(23)13-5-3-6-14(17)19-13/h1,3,5-6H,4,7-12H2,(H,18,22). The van der Waals surface area contributed by atoms with E-state index in [0.29, 0.717) is 37.0 Å². The SMILES string of the molecule is C#CCNC(=O)CN1CCCN(C(=O)c2cccc(Cl)n2)CC1. The Balaban J connectivity index is 1.89. The molecular formula is C16H19ClN4O2. The lowest BCUT2D eigenvalue weighted by atomic mass is 10.3. The Morgan fingerprint density at radius 3 is 2.87 bits per heavy atom. The van der Waals surface area contributed by atoms with E-state index in [9.17, 15) is 9.59 Å². The predicted molar refractivity (Wildman–Crippen MR) is 88.1 cm³/mol. The van der Waals surface area contributed by atoms with Crippen LogP contribution in [0.3, 0.4) is 0 Å². The lowest BCUT2D eigenvalue weighted by Crippen LogP contribution is -2.40. The molecule has 0 unspecified atom stereocenters. The summed E-state index contributed by atoms with van der Waals surface area (Å²) in [5, 5.41) is 2.95. The first-order valence-electron chi connectivity index (χ1n) is 7.44. The fraction of sp³-hybridized carbons (Fsp3) is 0.438. The molecule has 1 saturated heterocycles. The normalized spacial score (nSPS) is 15.6. The van der Waals surface area contributed by atoms with E-state index < -0.39 is 0 Å². The molecule has 7 heteroatoms. The zero-order valence-corrected chi connectivity index (χ0v) is 13.6. The number of hydrogen-bond donors (Lipinski definition) is 1. The first kappa shape index (κ1) is 17.3. The van der Waals surface area contributed by atoms with Gasteiger partial charge in [-0.1, -0.05) is 23.6 Å². The highest BCUT2D eigenvalue weighted by atomic mass is 35.5. The minimum atomic E-state index is -0.133. The molecule has 0 spiro atoms. The Morgan fingerprint density at radius 2 is 2.13 bits per heavy atom. The highest BCUT2D eigenvalue weighted by Gasteiger charge is 2.22. The van der Waals surface area contributed by atoms with E-state index in [1.54, 1.807) is 23.1 Å². The lowest BCUT2D eigenvalue weighted by Gasteiger charge is -2.21. The molecule has 0 saturated carbocycles. The Kier molecular flexibility index (Phi) is 6.39. The van der Waals surface area contributed by atoms with Gasteiger partial charge < -0.3 is 10.2 Å². The van der Waals surface area contributed by atoms with E-state index in [-0.39, 0.29) is 18.4 Å². The Labute approximate surface area is 140 Å². The fourth-order valence-corrected chi connectivity index (χ4v) is 2.59. The van der Waals surface area contributed by atoms with E-state index in [1.165, 1.54) is 0 Å². The minimum Gasteiger partial charge on any atom is -0.344 e. The minimum absolute atomic E-state index is 0.0979. The molecule has 0 aliphatic carbocycles. The predicted octanol–water partition coefficient (Wildman–Crippen LogP) is 0.632. The average Bonchev–Trinajstić information content (AvgIpc) is 2.78. The zero-order valence-electron chi connectivity index (χ0n) is 12.8. The van der Waals surface area contributed by atoms with E-state index in [0.717, 1.165) is 13.0 Å². The molecular weight excluding hydrogens is 316 g/mol. The second kappa shape index (κ2) is 8.51. The lowest BCUT2D eigenvalue weighted by molar-refractivity contribution is -0.121. The molecule has 1 aliphatic rings. The molecule has 0 bridgehead atoms. The van der Waals surface area contributed by atoms with E-state index in [1.807, 2.05) is 4.90 Å². The summed E-state index contributed by atoms with van der Waals surface area (Å²) in [5.41, 5.74) is 0.345. The highest BCUT2D eigenvalue weighted by molar-refractivity contribution is 6.29. The van der Waals surface area contributed by atoms with Crippen LogP contribution in [-0.2, 0) is 4.79 Å². The van der Waals surface area contributed by atoms with Gasteiger partial charge in [0.2, 0.25) is 5.91 Å². The van der Waals surface area contributed by atoms with E-state index >= 15 is 0 Å². The van der Waals surface area contributed by atoms with Crippen molar-refractivity contribution in [3.05, 3.63) is 29.0 Å². The van der Waals surface area contributed by atoms with Crippen LogP contribution in [0.5, 0.6) is 0 Å². The number of rotatable bonds is 4. The van der Waals surface area contributed by atoms with Crippen LogP contribution in [0.1, 0.15) is 16.9 Å². The molecule has 2 amide bonds. The zero-order chi connectivity index (χ0) is 16.7. The van der Waals surface area contributed by atoms with Gasteiger partial charge in [-0.25, -0.2) is 4.98 Å². The molecule has 2 rings (SSSR count). The summed E-state index contributed by atoms with van der Waals surface area (Å²) < 4.78 is 0. The van der Waals surface area contributed by atoms with Crippen LogP contribution < -0.4 is 5.32 Å². The third-order valence-electron chi connectivity index (χ3n) is 3.56. The van der Waals surface area contributed by atoms with Gasteiger partial charge in [0.05, 0.1) is 13.1 Å². The maximum atomic E-state index is 12.5. The topological polar surface area (TPSA) is 65.5 Å². The van der Waals surface area contributed by atoms with Gasteiger partial charge in [-0.2, -0.15) is 0 Å². The molecule has 2 heterocycles. The third-order valence-corrected chi connectivity index (χ3v) is 3.78. The summed E-state index contributed by atoms with van der Waals surface area (Å²) in [7, 11) is 0. The second-order valence-corrected chi connectivity index (χ2v) is 5.64. The van der Waals surface area contributed by atoms with Crippen molar-refractivity contribution >= 4 is 23.4 Å². The molecule has 6 nitrogen and oxygen atoms in total. The smallest absolute Gasteiger partial charge is 0.272 e. The number of terminal acetylenes is 1. The number of hydrogen-bond acceptors (Lipinski definition) is 4. The van der Waals surface area contributed by atoms with Gasteiger partial charge in [0, 0.05) is 26.2 Å². The van der Waals surface area contributed by atoms with Crippen molar-refractivity contribution in [3.8, 4) is 12.3 Å². The quantitative estimate of drug-likeness (QED) is 0.648. The molecule has 23 heavy (non-hydrogen) atoms. The fourth-order valence-electron chi connectivity index (χ4n) is 2.43. The van der Waals surface area contributed by atoms with Gasteiger partial charge in [0.25, 0.3) is 5.91 Å². The first-order chi connectivity index (χ1) is 11.1. The number of pyridine rings is 1. The molecule has 122 valence electrons. The van der Waals surface area contributed by atoms with Crippen molar-refractivity contribution in [2.24, 2.45) is 0 Å². The number of halogens is 1. The van der Waals surface area contributed by atoms with Crippen LogP contribution in [0.4, 0.5) is 0 Å². The summed E-state index contributed by atoms with van der Waals surface area (Å²) >= 11 is 5.83. The van der Waals surface area contributed by atoms with Crippen LogP contribution in [0.2, 0.25) is 5.15 Å². The van der Waals surface area contributed by atoms with Crippen molar-refractivity contribution < 1.29 is 9.59 Å². The summed E-state index contributed by atoms with van der Waals surface area (Å²) in [6, 6.07) is 5.00. The maximum Gasteiger partial charge on any atom is 0.272 e.